The molecular formula is C20H22N2O3. The Balaban J connectivity index is 1.71. The maximum absolute atomic E-state index is 10.6. The number of ether oxygens (including phenoxy) is 1. The summed E-state index contributed by atoms with van der Waals surface area (Å²) in [6.45, 7) is 5.42. The van der Waals surface area contributed by atoms with Gasteiger partial charge in [0.25, 0.3) is 0 Å². The quantitative estimate of drug-likeness (QED) is 0.708. The van der Waals surface area contributed by atoms with E-state index in [9.17, 15) is 4.79 Å². The number of carboxylic acids is 1. The predicted molar refractivity (Wildman–Crippen MR) is 96.9 cm³/mol. The van der Waals surface area contributed by atoms with E-state index in [1.54, 1.807) is 0 Å². The predicted octanol–water partition coefficient (Wildman–Crippen LogP) is 3.96. The van der Waals surface area contributed by atoms with Gasteiger partial charge in [0.15, 0.2) is 0 Å². The fourth-order valence-corrected chi connectivity index (χ4v) is 2.90. The molecule has 2 aromatic carbocycles. The largest absolute Gasteiger partial charge is 0.486 e. The van der Waals surface area contributed by atoms with E-state index in [0.29, 0.717) is 13.0 Å². The summed E-state index contributed by atoms with van der Waals surface area (Å²) in [7, 11) is 0. The van der Waals surface area contributed by atoms with Gasteiger partial charge in [0.1, 0.15) is 18.2 Å². The van der Waals surface area contributed by atoms with E-state index in [2.05, 4.69) is 35.5 Å². The molecule has 0 saturated heterocycles. The first-order chi connectivity index (χ1) is 12.1. The molecule has 25 heavy (non-hydrogen) atoms. The third-order valence-electron chi connectivity index (χ3n) is 4.22. The van der Waals surface area contributed by atoms with Crippen LogP contribution in [0.4, 0.5) is 0 Å². The number of hydrogen-bond acceptors (Lipinski definition) is 3. The van der Waals surface area contributed by atoms with Crippen LogP contribution in [0, 0.1) is 6.92 Å². The maximum Gasteiger partial charge on any atom is 0.303 e. The average Bonchev–Trinajstić information content (AvgIpc) is 2.95. The third-order valence-corrected chi connectivity index (χ3v) is 4.22. The molecule has 3 aromatic rings. The zero-order chi connectivity index (χ0) is 17.8. The molecule has 0 fully saturated rings. The van der Waals surface area contributed by atoms with Crippen molar-refractivity contribution >= 4 is 17.0 Å². The second kappa shape index (κ2) is 7.38. The maximum atomic E-state index is 10.6. The Kier molecular flexibility index (Phi) is 5.03. The second-order valence-corrected chi connectivity index (χ2v) is 6.09. The molecule has 0 aliphatic heterocycles. The standard InChI is InChI=1S/C20H22N2O3/c1-3-22-18-12-14(2)4-10-17(18)21-19(22)13-25-16-8-5-15(6-9-16)7-11-20(23)24/h4-6,8-10,12H,3,7,11,13H2,1-2H3,(H,23,24). The van der Waals surface area contributed by atoms with Gasteiger partial charge in [-0.2, -0.15) is 0 Å². The molecule has 0 spiro atoms. The molecule has 0 amide bonds. The second-order valence-electron chi connectivity index (χ2n) is 6.09. The van der Waals surface area contributed by atoms with Crippen molar-refractivity contribution in [1.29, 1.82) is 0 Å². The van der Waals surface area contributed by atoms with Crippen molar-refractivity contribution in [1.82, 2.24) is 9.55 Å². The molecule has 3 rings (SSSR count). The van der Waals surface area contributed by atoms with Crippen LogP contribution in [0.25, 0.3) is 11.0 Å². The highest BCUT2D eigenvalue weighted by molar-refractivity contribution is 5.76. The minimum absolute atomic E-state index is 0.139. The summed E-state index contributed by atoms with van der Waals surface area (Å²) in [5.41, 5.74) is 4.32. The van der Waals surface area contributed by atoms with Crippen molar-refractivity contribution < 1.29 is 14.6 Å². The van der Waals surface area contributed by atoms with Gasteiger partial charge in [-0.15, -0.1) is 0 Å². The van der Waals surface area contributed by atoms with Crippen LogP contribution in [0.1, 0.15) is 30.3 Å². The number of fused-ring (bicyclic) bond motifs is 1. The van der Waals surface area contributed by atoms with Crippen LogP contribution in [0.3, 0.4) is 0 Å². The van der Waals surface area contributed by atoms with Crippen LogP contribution in [0.5, 0.6) is 5.75 Å². The van der Waals surface area contributed by atoms with Crippen LogP contribution in [-0.2, 0) is 24.4 Å². The molecular weight excluding hydrogens is 316 g/mol. The van der Waals surface area contributed by atoms with Crippen molar-refractivity contribution in [3.05, 3.63) is 59.4 Å². The topological polar surface area (TPSA) is 64.3 Å². The fourth-order valence-electron chi connectivity index (χ4n) is 2.90. The van der Waals surface area contributed by atoms with E-state index in [-0.39, 0.29) is 6.42 Å². The van der Waals surface area contributed by atoms with Gasteiger partial charge in [-0.25, -0.2) is 4.98 Å². The summed E-state index contributed by atoms with van der Waals surface area (Å²) in [6.07, 6.45) is 0.667. The van der Waals surface area contributed by atoms with E-state index < -0.39 is 5.97 Å². The molecule has 5 heteroatoms. The van der Waals surface area contributed by atoms with E-state index in [0.717, 1.165) is 34.7 Å². The van der Waals surface area contributed by atoms with Crippen molar-refractivity contribution in [3.8, 4) is 5.75 Å². The van der Waals surface area contributed by atoms with Crippen LogP contribution < -0.4 is 4.74 Å². The molecule has 1 aromatic heterocycles. The van der Waals surface area contributed by atoms with Gasteiger partial charge in [0.05, 0.1) is 11.0 Å². The molecule has 1 heterocycles. The summed E-state index contributed by atoms with van der Waals surface area (Å²) in [4.78, 5) is 15.3. The van der Waals surface area contributed by atoms with Gasteiger partial charge in [0, 0.05) is 13.0 Å². The number of nitrogens with zero attached hydrogens (tertiary/aromatic N) is 2. The average molecular weight is 338 g/mol. The molecule has 0 atom stereocenters. The molecule has 5 nitrogen and oxygen atoms in total. The van der Waals surface area contributed by atoms with Crippen LogP contribution in [0.2, 0.25) is 0 Å². The molecule has 0 aliphatic carbocycles. The number of hydrogen-bond donors (Lipinski definition) is 1. The molecule has 0 radical (unpaired) electrons. The Morgan fingerprint density at radius 2 is 1.96 bits per heavy atom. The number of aryl methyl sites for hydroxylation is 3. The van der Waals surface area contributed by atoms with Gasteiger partial charge in [-0.05, 0) is 55.7 Å². The van der Waals surface area contributed by atoms with Crippen molar-refractivity contribution in [2.45, 2.75) is 39.8 Å². The lowest BCUT2D eigenvalue weighted by molar-refractivity contribution is -0.136. The zero-order valence-corrected chi connectivity index (χ0v) is 14.5. The minimum Gasteiger partial charge on any atom is -0.486 e. The van der Waals surface area contributed by atoms with Gasteiger partial charge in [-0.1, -0.05) is 18.2 Å². The normalized spacial score (nSPS) is 11.0. The first-order valence-corrected chi connectivity index (χ1v) is 8.46. The van der Waals surface area contributed by atoms with Crippen LogP contribution in [0.15, 0.2) is 42.5 Å². The number of rotatable bonds is 7. The Hall–Kier alpha value is -2.82. The number of carboxylic acid groups (broad SMARTS) is 1. The van der Waals surface area contributed by atoms with Crippen LogP contribution in [-0.4, -0.2) is 20.6 Å². The molecule has 0 bridgehead atoms. The number of aliphatic carboxylic acids is 1. The van der Waals surface area contributed by atoms with E-state index in [4.69, 9.17) is 9.84 Å². The van der Waals surface area contributed by atoms with Gasteiger partial charge in [0.2, 0.25) is 0 Å². The number of imidazole rings is 1. The SMILES string of the molecule is CCn1c(COc2ccc(CCC(=O)O)cc2)nc2ccc(C)cc21. The number of benzene rings is 2. The highest BCUT2D eigenvalue weighted by Crippen LogP contribution is 2.20. The zero-order valence-electron chi connectivity index (χ0n) is 14.5. The Labute approximate surface area is 146 Å². The molecule has 0 saturated carbocycles. The smallest absolute Gasteiger partial charge is 0.303 e. The van der Waals surface area contributed by atoms with Gasteiger partial charge >= 0.3 is 5.97 Å². The minimum atomic E-state index is -0.783. The molecule has 1 N–H and O–H groups in total. The Morgan fingerprint density at radius 3 is 2.64 bits per heavy atom. The van der Waals surface area contributed by atoms with Crippen molar-refractivity contribution in [2.75, 3.05) is 0 Å². The summed E-state index contributed by atoms with van der Waals surface area (Å²) >= 11 is 0. The van der Waals surface area contributed by atoms with Crippen molar-refractivity contribution in [2.24, 2.45) is 0 Å². The molecule has 0 unspecified atom stereocenters. The fraction of sp³-hybridized carbons (Fsp3) is 0.300. The first kappa shape index (κ1) is 17.0. The van der Waals surface area contributed by atoms with E-state index >= 15 is 0 Å². The lowest BCUT2D eigenvalue weighted by Crippen LogP contribution is -2.06. The monoisotopic (exact) mass is 338 g/mol. The highest BCUT2D eigenvalue weighted by atomic mass is 16.5. The van der Waals surface area contributed by atoms with Gasteiger partial charge in [-0.3, -0.25) is 4.79 Å². The lowest BCUT2D eigenvalue weighted by atomic mass is 10.1. The van der Waals surface area contributed by atoms with E-state index in [1.807, 2.05) is 30.3 Å². The molecule has 130 valence electrons. The highest BCUT2D eigenvalue weighted by Gasteiger charge is 2.10. The third kappa shape index (κ3) is 3.99. The number of aromatic nitrogens is 2. The summed E-state index contributed by atoms with van der Waals surface area (Å²) < 4.78 is 8.05. The van der Waals surface area contributed by atoms with Crippen molar-refractivity contribution in [3.63, 3.8) is 0 Å². The molecule has 0 aliphatic rings. The van der Waals surface area contributed by atoms with E-state index in [1.165, 1.54) is 5.56 Å². The Morgan fingerprint density at radius 1 is 1.20 bits per heavy atom. The lowest BCUT2D eigenvalue weighted by Gasteiger charge is -2.09. The summed E-state index contributed by atoms with van der Waals surface area (Å²) in [5, 5.41) is 8.73. The van der Waals surface area contributed by atoms with Crippen LogP contribution >= 0.6 is 0 Å². The number of carbonyl (C=O) groups is 1. The summed E-state index contributed by atoms with van der Waals surface area (Å²) in [5.74, 6) is 0.872. The summed E-state index contributed by atoms with van der Waals surface area (Å²) in [6, 6.07) is 13.8. The Bertz CT molecular complexity index is 882. The first-order valence-electron chi connectivity index (χ1n) is 8.46. The van der Waals surface area contributed by atoms with Gasteiger partial charge < -0.3 is 14.4 Å².